The van der Waals surface area contributed by atoms with E-state index in [1.807, 2.05) is 0 Å². The summed E-state index contributed by atoms with van der Waals surface area (Å²) in [6.45, 7) is 3.32. The van der Waals surface area contributed by atoms with Crippen molar-refractivity contribution >= 4 is 17.7 Å². The van der Waals surface area contributed by atoms with Crippen molar-refractivity contribution in [3.05, 3.63) is 70.8 Å². The van der Waals surface area contributed by atoms with E-state index in [1.54, 1.807) is 38.1 Å². The number of amides is 3. The number of fused-ring (bicyclic) bond motifs is 1. The molecular weight excluding hydrogens is 397 g/mol. The van der Waals surface area contributed by atoms with Crippen LogP contribution in [0.15, 0.2) is 48.5 Å². The van der Waals surface area contributed by atoms with Crippen LogP contribution < -0.4 is 0 Å². The maximum absolute atomic E-state index is 13.0. The third-order valence-electron chi connectivity index (χ3n) is 5.83. The third kappa shape index (κ3) is 3.07. The lowest BCUT2D eigenvalue weighted by Crippen LogP contribution is -2.48. The first-order valence-electron chi connectivity index (χ1n) is 9.44. The largest absolute Gasteiger partial charge is 0.416 e. The van der Waals surface area contributed by atoms with Crippen LogP contribution in [0.3, 0.4) is 0 Å². The average molecular weight is 416 g/mol. The minimum atomic E-state index is -4.48. The molecule has 1 saturated heterocycles. The van der Waals surface area contributed by atoms with Crippen molar-refractivity contribution in [2.45, 2.75) is 32.6 Å². The van der Waals surface area contributed by atoms with Crippen LogP contribution in [0, 0.1) is 5.41 Å². The summed E-state index contributed by atoms with van der Waals surface area (Å²) in [5, 5.41) is 0. The highest BCUT2D eigenvalue weighted by Gasteiger charge is 2.54. The number of likely N-dealkylation sites (tertiary alicyclic amines) is 1. The van der Waals surface area contributed by atoms with E-state index >= 15 is 0 Å². The topological polar surface area (TPSA) is 57.7 Å². The highest BCUT2D eigenvalue weighted by molar-refractivity contribution is 6.21. The van der Waals surface area contributed by atoms with Gasteiger partial charge in [-0.2, -0.15) is 13.2 Å². The molecule has 0 spiro atoms. The monoisotopic (exact) mass is 416 g/mol. The van der Waals surface area contributed by atoms with Crippen LogP contribution >= 0.6 is 0 Å². The van der Waals surface area contributed by atoms with Crippen molar-refractivity contribution in [3.8, 4) is 0 Å². The van der Waals surface area contributed by atoms with Gasteiger partial charge in [-0.1, -0.05) is 24.3 Å². The number of alkyl halides is 3. The second kappa shape index (κ2) is 6.68. The predicted octanol–water partition coefficient (Wildman–Crippen LogP) is 3.74. The molecule has 2 heterocycles. The molecule has 2 aromatic carbocycles. The number of rotatable bonds is 3. The van der Waals surface area contributed by atoms with Gasteiger partial charge in [-0.3, -0.25) is 19.3 Å². The Morgan fingerprint density at radius 1 is 0.967 bits per heavy atom. The molecular formula is C22H19F3N2O3. The van der Waals surface area contributed by atoms with Crippen LogP contribution in [0.25, 0.3) is 0 Å². The van der Waals surface area contributed by atoms with E-state index in [1.165, 1.54) is 17.0 Å². The number of hydrogen-bond acceptors (Lipinski definition) is 3. The van der Waals surface area contributed by atoms with E-state index in [4.69, 9.17) is 0 Å². The van der Waals surface area contributed by atoms with Gasteiger partial charge in [0.1, 0.15) is 0 Å². The Labute approximate surface area is 171 Å². The molecule has 1 atom stereocenters. The number of hydrogen-bond donors (Lipinski definition) is 0. The van der Waals surface area contributed by atoms with Gasteiger partial charge >= 0.3 is 6.18 Å². The fraction of sp³-hybridized carbons (Fsp3) is 0.318. The molecule has 1 fully saturated rings. The Balaban J connectivity index is 1.61. The maximum Gasteiger partial charge on any atom is 0.416 e. The first-order valence-corrected chi connectivity index (χ1v) is 9.44. The third-order valence-corrected chi connectivity index (χ3v) is 5.83. The maximum atomic E-state index is 13.0. The van der Waals surface area contributed by atoms with Crippen LogP contribution in [0.5, 0.6) is 0 Å². The zero-order valence-corrected chi connectivity index (χ0v) is 16.4. The molecule has 30 heavy (non-hydrogen) atoms. The van der Waals surface area contributed by atoms with Crippen molar-refractivity contribution in [3.63, 3.8) is 0 Å². The normalized spacial score (nSPS) is 20.8. The molecule has 2 aliphatic heterocycles. The van der Waals surface area contributed by atoms with Gasteiger partial charge in [-0.15, -0.1) is 0 Å². The van der Waals surface area contributed by atoms with E-state index < -0.39 is 35.0 Å². The van der Waals surface area contributed by atoms with Gasteiger partial charge in [0.25, 0.3) is 11.8 Å². The molecule has 0 aliphatic carbocycles. The Bertz CT molecular complexity index is 1030. The molecule has 0 saturated carbocycles. The summed E-state index contributed by atoms with van der Waals surface area (Å²) in [7, 11) is 0. The van der Waals surface area contributed by atoms with Crippen LogP contribution in [-0.2, 0) is 17.5 Å². The van der Waals surface area contributed by atoms with E-state index in [2.05, 4.69) is 0 Å². The van der Waals surface area contributed by atoms with Crippen LogP contribution in [0.1, 0.15) is 45.7 Å². The Morgan fingerprint density at radius 2 is 1.57 bits per heavy atom. The minimum absolute atomic E-state index is 0.0359. The van der Waals surface area contributed by atoms with Crippen molar-refractivity contribution < 1.29 is 27.6 Å². The Morgan fingerprint density at radius 3 is 2.13 bits per heavy atom. The van der Waals surface area contributed by atoms with Gasteiger partial charge in [0, 0.05) is 13.1 Å². The Hall–Kier alpha value is -3.16. The quantitative estimate of drug-likeness (QED) is 0.717. The van der Waals surface area contributed by atoms with Gasteiger partial charge in [0.05, 0.1) is 28.1 Å². The summed E-state index contributed by atoms with van der Waals surface area (Å²) >= 11 is 0. The van der Waals surface area contributed by atoms with E-state index in [0.29, 0.717) is 16.7 Å². The van der Waals surface area contributed by atoms with Crippen LogP contribution in [0.2, 0.25) is 0 Å². The molecule has 4 rings (SSSR count). The smallest absolute Gasteiger partial charge is 0.336 e. The molecule has 2 aromatic rings. The minimum Gasteiger partial charge on any atom is -0.336 e. The summed E-state index contributed by atoms with van der Waals surface area (Å²) in [6.07, 6.45) is -4.48. The van der Waals surface area contributed by atoms with Gasteiger partial charge < -0.3 is 4.90 Å². The fourth-order valence-electron chi connectivity index (χ4n) is 4.17. The van der Waals surface area contributed by atoms with Crippen LogP contribution in [0.4, 0.5) is 13.2 Å². The van der Waals surface area contributed by atoms with E-state index in [9.17, 15) is 27.6 Å². The van der Waals surface area contributed by atoms with Crippen molar-refractivity contribution in [2.24, 2.45) is 5.41 Å². The number of halogens is 3. The molecule has 0 radical (unpaired) electrons. The summed E-state index contributed by atoms with van der Waals surface area (Å²) in [5.74, 6) is -1.23. The number of carbonyl (C=O) groups excluding carboxylic acids is 3. The Kier molecular flexibility index (Phi) is 4.48. The summed E-state index contributed by atoms with van der Waals surface area (Å²) in [5.41, 5.74) is -0.932. The van der Waals surface area contributed by atoms with Crippen molar-refractivity contribution in [1.82, 2.24) is 9.80 Å². The predicted molar refractivity (Wildman–Crippen MR) is 101 cm³/mol. The summed E-state index contributed by atoms with van der Waals surface area (Å²) < 4.78 is 39.0. The zero-order chi connectivity index (χ0) is 21.8. The van der Waals surface area contributed by atoms with Crippen molar-refractivity contribution in [1.29, 1.82) is 0 Å². The first kappa shape index (κ1) is 20.1. The first-order chi connectivity index (χ1) is 14.0. The average Bonchev–Trinajstić information content (AvgIpc) is 3.06. The van der Waals surface area contributed by atoms with Crippen LogP contribution in [-0.4, -0.2) is 40.1 Å². The molecule has 2 aliphatic rings. The molecule has 3 amide bonds. The summed E-state index contributed by atoms with van der Waals surface area (Å²) in [4.78, 5) is 41.3. The molecule has 0 unspecified atom stereocenters. The van der Waals surface area contributed by atoms with Crippen molar-refractivity contribution in [2.75, 3.05) is 6.54 Å². The van der Waals surface area contributed by atoms with Gasteiger partial charge in [-0.25, -0.2) is 0 Å². The molecule has 8 heteroatoms. The van der Waals surface area contributed by atoms with E-state index in [0.717, 1.165) is 17.0 Å². The SMILES string of the molecule is CC1(C)C(=O)N(Cc2cccc(C(F)(F)F)c2)C[C@H]1N1C(=O)c2ccccc2C1=O. The van der Waals surface area contributed by atoms with E-state index in [-0.39, 0.29) is 19.0 Å². The lowest BCUT2D eigenvalue weighted by molar-refractivity contribution is -0.137. The lowest BCUT2D eigenvalue weighted by atomic mass is 9.86. The second-order valence-electron chi connectivity index (χ2n) is 8.15. The lowest BCUT2D eigenvalue weighted by Gasteiger charge is -2.30. The molecule has 0 aromatic heterocycles. The number of carbonyl (C=O) groups is 3. The molecule has 0 bridgehead atoms. The van der Waals surface area contributed by atoms with Gasteiger partial charge in [-0.05, 0) is 43.7 Å². The highest BCUT2D eigenvalue weighted by Crippen LogP contribution is 2.39. The molecule has 0 N–H and O–H groups in total. The summed E-state index contributed by atoms with van der Waals surface area (Å²) in [6, 6.07) is 10.5. The molecule has 5 nitrogen and oxygen atoms in total. The second-order valence-corrected chi connectivity index (χ2v) is 8.15. The highest BCUT2D eigenvalue weighted by atomic mass is 19.4. The zero-order valence-electron chi connectivity index (χ0n) is 16.4. The van der Waals surface area contributed by atoms with Gasteiger partial charge in [0.15, 0.2) is 0 Å². The number of benzene rings is 2. The fourth-order valence-corrected chi connectivity index (χ4v) is 4.17. The molecule has 156 valence electrons. The van der Waals surface area contributed by atoms with Gasteiger partial charge in [0.2, 0.25) is 5.91 Å². The number of nitrogens with zero attached hydrogens (tertiary/aromatic N) is 2. The standard InChI is InChI=1S/C22H19F3N2O3/c1-21(2)17(27-18(28)15-8-3-4-9-16(15)19(27)29)12-26(20(21)30)11-13-6-5-7-14(10-13)22(23,24)25/h3-10,17H,11-12H2,1-2H3/t17-/m1/s1. The number of imide groups is 1.